The SMILES string of the molecule is CCC(C1CCCCC1)n1c(N)nc2cc(C)ccc21. The van der Waals surface area contributed by atoms with E-state index in [0.717, 1.165) is 17.9 Å². The first-order chi connectivity index (χ1) is 9.70. The van der Waals surface area contributed by atoms with Crippen molar-refractivity contribution in [1.29, 1.82) is 0 Å². The maximum Gasteiger partial charge on any atom is 0.201 e. The molecule has 0 aliphatic heterocycles. The molecule has 3 heteroatoms. The van der Waals surface area contributed by atoms with Gasteiger partial charge in [0.15, 0.2) is 0 Å². The third-order valence-electron chi connectivity index (χ3n) is 4.82. The van der Waals surface area contributed by atoms with Crippen LogP contribution in [0.15, 0.2) is 18.2 Å². The fraction of sp³-hybridized carbons (Fsp3) is 0.588. The summed E-state index contributed by atoms with van der Waals surface area (Å²) in [6, 6.07) is 6.98. The van der Waals surface area contributed by atoms with Gasteiger partial charge in [-0.1, -0.05) is 32.3 Å². The van der Waals surface area contributed by atoms with Crippen LogP contribution in [0.2, 0.25) is 0 Å². The van der Waals surface area contributed by atoms with Gasteiger partial charge in [0.25, 0.3) is 0 Å². The zero-order valence-electron chi connectivity index (χ0n) is 12.6. The first-order valence-electron chi connectivity index (χ1n) is 7.94. The second kappa shape index (κ2) is 5.47. The monoisotopic (exact) mass is 271 g/mol. The fourth-order valence-corrected chi connectivity index (χ4v) is 3.82. The molecule has 1 saturated carbocycles. The molecule has 1 fully saturated rings. The summed E-state index contributed by atoms with van der Waals surface area (Å²) < 4.78 is 2.30. The largest absolute Gasteiger partial charge is 0.369 e. The van der Waals surface area contributed by atoms with Gasteiger partial charge in [0.2, 0.25) is 5.95 Å². The minimum Gasteiger partial charge on any atom is -0.369 e. The molecule has 1 aromatic heterocycles. The average Bonchev–Trinajstić information content (AvgIpc) is 2.77. The summed E-state index contributed by atoms with van der Waals surface area (Å²) in [6.07, 6.45) is 7.94. The molecule has 0 radical (unpaired) electrons. The first-order valence-corrected chi connectivity index (χ1v) is 7.94. The molecule has 108 valence electrons. The summed E-state index contributed by atoms with van der Waals surface area (Å²) in [6.45, 7) is 4.38. The average molecular weight is 271 g/mol. The molecule has 20 heavy (non-hydrogen) atoms. The third-order valence-corrected chi connectivity index (χ3v) is 4.82. The highest BCUT2D eigenvalue weighted by Crippen LogP contribution is 2.38. The Hall–Kier alpha value is -1.51. The molecule has 1 aliphatic carbocycles. The molecular weight excluding hydrogens is 246 g/mol. The van der Waals surface area contributed by atoms with Crippen LogP contribution in [0.3, 0.4) is 0 Å². The number of anilines is 1. The van der Waals surface area contributed by atoms with E-state index in [1.165, 1.54) is 43.2 Å². The third kappa shape index (κ3) is 2.30. The Kier molecular flexibility index (Phi) is 3.68. The zero-order valence-corrected chi connectivity index (χ0v) is 12.6. The Morgan fingerprint density at radius 2 is 2.05 bits per heavy atom. The number of nitrogens with zero attached hydrogens (tertiary/aromatic N) is 2. The van der Waals surface area contributed by atoms with E-state index >= 15 is 0 Å². The van der Waals surface area contributed by atoms with E-state index in [2.05, 4.69) is 41.6 Å². The number of hydrogen-bond acceptors (Lipinski definition) is 2. The predicted octanol–water partition coefficient (Wildman–Crippen LogP) is 4.46. The lowest BCUT2D eigenvalue weighted by Gasteiger charge is -2.31. The Bertz CT molecular complexity index is 594. The molecule has 0 amide bonds. The summed E-state index contributed by atoms with van der Waals surface area (Å²) >= 11 is 0. The van der Waals surface area contributed by atoms with E-state index in [1.54, 1.807) is 0 Å². The van der Waals surface area contributed by atoms with Crippen LogP contribution >= 0.6 is 0 Å². The smallest absolute Gasteiger partial charge is 0.201 e. The molecule has 2 N–H and O–H groups in total. The number of rotatable bonds is 3. The number of benzene rings is 1. The molecule has 1 atom stereocenters. The van der Waals surface area contributed by atoms with E-state index in [4.69, 9.17) is 5.73 Å². The van der Waals surface area contributed by atoms with E-state index < -0.39 is 0 Å². The number of fused-ring (bicyclic) bond motifs is 1. The topological polar surface area (TPSA) is 43.8 Å². The van der Waals surface area contributed by atoms with Crippen molar-refractivity contribution in [3.63, 3.8) is 0 Å². The van der Waals surface area contributed by atoms with Crippen LogP contribution in [0.4, 0.5) is 5.95 Å². The van der Waals surface area contributed by atoms with Gasteiger partial charge >= 0.3 is 0 Å². The minimum atomic E-state index is 0.503. The van der Waals surface area contributed by atoms with Crippen LogP contribution in [0.5, 0.6) is 0 Å². The second-order valence-electron chi connectivity index (χ2n) is 6.21. The van der Waals surface area contributed by atoms with Gasteiger partial charge < -0.3 is 10.3 Å². The van der Waals surface area contributed by atoms with E-state index in [-0.39, 0.29) is 0 Å². The molecule has 1 aliphatic rings. The van der Waals surface area contributed by atoms with Crippen LogP contribution in [-0.2, 0) is 0 Å². The number of nitrogens with two attached hydrogens (primary N) is 1. The summed E-state index contributed by atoms with van der Waals surface area (Å²) in [5.74, 6) is 1.44. The van der Waals surface area contributed by atoms with Crippen LogP contribution in [0.25, 0.3) is 11.0 Å². The van der Waals surface area contributed by atoms with Crippen molar-refractivity contribution in [3.05, 3.63) is 23.8 Å². The Balaban J connectivity index is 2.04. The van der Waals surface area contributed by atoms with E-state index in [1.807, 2.05) is 0 Å². The van der Waals surface area contributed by atoms with Gasteiger partial charge in [-0.15, -0.1) is 0 Å². The molecular formula is C17H25N3. The van der Waals surface area contributed by atoms with Crippen molar-refractivity contribution < 1.29 is 0 Å². The first kappa shape index (κ1) is 13.5. The quantitative estimate of drug-likeness (QED) is 0.895. The van der Waals surface area contributed by atoms with Crippen molar-refractivity contribution in [2.45, 2.75) is 58.4 Å². The molecule has 3 rings (SSSR count). The van der Waals surface area contributed by atoms with Crippen molar-refractivity contribution >= 4 is 17.0 Å². The number of hydrogen-bond donors (Lipinski definition) is 1. The molecule has 2 aromatic rings. The Labute approximate surface area is 121 Å². The highest BCUT2D eigenvalue weighted by Gasteiger charge is 2.26. The number of nitrogen functional groups attached to an aromatic ring is 1. The van der Waals surface area contributed by atoms with Crippen molar-refractivity contribution in [3.8, 4) is 0 Å². The standard InChI is InChI=1S/C17H25N3/c1-3-15(13-7-5-4-6-8-13)20-16-10-9-12(2)11-14(16)19-17(20)18/h9-11,13,15H,3-8H2,1-2H3,(H2,18,19). The number of aromatic nitrogens is 2. The van der Waals surface area contributed by atoms with Crippen molar-refractivity contribution in [1.82, 2.24) is 9.55 Å². The van der Waals surface area contributed by atoms with Gasteiger partial charge in [-0.3, -0.25) is 0 Å². The van der Waals surface area contributed by atoms with Gasteiger partial charge in [-0.2, -0.15) is 0 Å². The predicted molar refractivity (Wildman–Crippen MR) is 84.8 cm³/mol. The number of imidazole rings is 1. The maximum absolute atomic E-state index is 6.24. The summed E-state index contributed by atoms with van der Waals surface area (Å²) in [4.78, 5) is 4.58. The maximum atomic E-state index is 6.24. The zero-order chi connectivity index (χ0) is 14.1. The van der Waals surface area contributed by atoms with Crippen LogP contribution in [-0.4, -0.2) is 9.55 Å². The van der Waals surface area contributed by atoms with E-state index in [0.29, 0.717) is 12.0 Å². The molecule has 1 unspecified atom stereocenters. The highest BCUT2D eigenvalue weighted by atomic mass is 15.2. The molecule has 0 saturated heterocycles. The van der Waals surface area contributed by atoms with E-state index in [9.17, 15) is 0 Å². The summed E-state index contributed by atoms with van der Waals surface area (Å²) in [7, 11) is 0. The van der Waals surface area contributed by atoms with Gasteiger partial charge in [0.1, 0.15) is 0 Å². The van der Waals surface area contributed by atoms with Gasteiger partial charge in [-0.25, -0.2) is 4.98 Å². The molecule has 0 spiro atoms. The Morgan fingerprint density at radius 1 is 1.30 bits per heavy atom. The fourth-order valence-electron chi connectivity index (χ4n) is 3.82. The minimum absolute atomic E-state index is 0.503. The normalized spacial score (nSPS) is 18.5. The molecule has 3 nitrogen and oxygen atoms in total. The van der Waals surface area contributed by atoms with Crippen molar-refractivity contribution in [2.24, 2.45) is 5.92 Å². The van der Waals surface area contributed by atoms with Gasteiger partial charge in [-0.05, 0) is 49.8 Å². The summed E-state index contributed by atoms with van der Waals surface area (Å²) in [5, 5.41) is 0. The lowest BCUT2D eigenvalue weighted by molar-refractivity contribution is 0.249. The lowest BCUT2D eigenvalue weighted by atomic mass is 9.82. The van der Waals surface area contributed by atoms with Crippen LogP contribution in [0.1, 0.15) is 57.1 Å². The highest BCUT2D eigenvalue weighted by molar-refractivity contribution is 5.79. The number of aryl methyl sites for hydroxylation is 1. The molecule has 1 aromatic carbocycles. The van der Waals surface area contributed by atoms with Gasteiger partial charge in [0.05, 0.1) is 11.0 Å². The van der Waals surface area contributed by atoms with Crippen LogP contribution < -0.4 is 5.73 Å². The molecule has 1 heterocycles. The lowest BCUT2D eigenvalue weighted by Crippen LogP contribution is -2.22. The van der Waals surface area contributed by atoms with Crippen LogP contribution in [0, 0.1) is 12.8 Å². The Morgan fingerprint density at radius 3 is 2.75 bits per heavy atom. The second-order valence-corrected chi connectivity index (χ2v) is 6.21. The molecule has 0 bridgehead atoms. The van der Waals surface area contributed by atoms with Gasteiger partial charge in [0, 0.05) is 6.04 Å². The van der Waals surface area contributed by atoms with Crippen molar-refractivity contribution in [2.75, 3.05) is 5.73 Å². The summed E-state index contributed by atoms with van der Waals surface area (Å²) in [5.41, 5.74) is 9.72.